The first kappa shape index (κ1) is 22.0. The molecule has 1 aromatic heterocycles. The van der Waals surface area contributed by atoms with E-state index in [2.05, 4.69) is 6.92 Å². The summed E-state index contributed by atoms with van der Waals surface area (Å²) in [7, 11) is 0. The Morgan fingerprint density at radius 1 is 1.26 bits per heavy atom. The van der Waals surface area contributed by atoms with Crippen LogP contribution in [-0.2, 0) is 6.42 Å². The minimum Gasteiger partial charge on any atom is -0.493 e. The number of benzene rings is 1. The first-order chi connectivity index (χ1) is 12.9. The summed E-state index contributed by atoms with van der Waals surface area (Å²) in [5.74, 6) is 0.143. The first-order valence-corrected chi connectivity index (χ1v) is 10.5. The molecule has 0 spiro atoms. The third kappa shape index (κ3) is 7.68. The molecule has 1 saturated carbocycles. The van der Waals surface area contributed by atoms with Crippen molar-refractivity contribution in [2.24, 2.45) is 5.92 Å². The second-order valence-corrected chi connectivity index (χ2v) is 8.55. The van der Waals surface area contributed by atoms with Crippen molar-refractivity contribution in [3.05, 3.63) is 50.1 Å². The summed E-state index contributed by atoms with van der Waals surface area (Å²) in [6, 6.07) is 8.64. The van der Waals surface area contributed by atoms with Gasteiger partial charge >= 0.3 is 5.97 Å². The van der Waals surface area contributed by atoms with E-state index in [1.807, 2.05) is 6.07 Å². The number of hydrogen-bond donors (Lipinski definition) is 1. The van der Waals surface area contributed by atoms with Crippen molar-refractivity contribution in [2.75, 3.05) is 6.61 Å². The molecule has 7 heteroatoms. The summed E-state index contributed by atoms with van der Waals surface area (Å²) >= 11 is 13.1. The molecule has 1 aromatic carbocycles. The SMILES string of the molecule is CCCc1ccc(C(=O)O)s1.FC1CCC(COc2cc(Cl)cc(Cl)c2)C1. The number of carboxylic acids is 1. The van der Waals surface area contributed by atoms with Gasteiger partial charge in [-0.1, -0.05) is 36.5 Å². The van der Waals surface area contributed by atoms with Gasteiger partial charge in [-0.2, -0.15) is 0 Å². The van der Waals surface area contributed by atoms with Gasteiger partial charge in [0.2, 0.25) is 0 Å². The maximum atomic E-state index is 12.9. The second kappa shape index (κ2) is 10.9. The van der Waals surface area contributed by atoms with Crippen LogP contribution in [0.4, 0.5) is 4.39 Å². The number of aryl methyl sites for hydroxylation is 1. The molecule has 1 N–H and O–H groups in total. The molecule has 1 aliphatic carbocycles. The van der Waals surface area contributed by atoms with E-state index in [-0.39, 0.29) is 0 Å². The maximum absolute atomic E-state index is 12.9. The van der Waals surface area contributed by atoms with E-state index in [4.69, 9.17) is 33.0 Å². The normalized spacial score (nSPS) is 18.7. The fourth-order valence-electron chi connectivity index (χ4n) is 2.86. The van der Waals surface area contributed by atoms with Gasteiger partial charge in [0, 0.05) is 14.9 Å². The van der Waals surface area contributed by atoms with Gasteiger partial charge in [-0.15, -0.1) is 11.3 Å². The van der Waals surface area contributed by atoms with Crippen molar-refractivity contribution < 1.29 is 19.0 Å². The molecule has 1 fully saturated rings. The highest BCUT2D eigenvalue weighted by atomic mass is 35.5. The number of halogens is 3. The van der Waals surface area contributed by atoms with E-state index in [1.54, 1.807) is 24.3 Å². The van der Waals surface area contributed by atoms with Gasteiger partial charge in [0.15, 0.2) is 0 Å². The van der Waals surface area contributed by atoms with E-state index in [0.717, 1.165) is 24.1 Å². The molecule has 1 aliphatic rings. The van der Waals surface area contributed by atoms with Gasteiger partial charge in [-0.05, 0) is 61.9 Å². The topological polar surface area (TPSA) is 46.5 Å². The van der Waals surface area contributed by atoms with Gasteiger partial charge < -0.3 is 9.84 Å². The van der Waals surface area contributed by atoms with Crippen molar-refractivity contribution in [3.63, 3.8) is 0 Å². The Morgan fingerprint density at radius 2 is 1.96 bits per heavy atom. The molecule has 2 atom stereocenters. The van der Waals surface area contributed by atoms with E-state index in [0.29, 0.717) is 46.0 Å². The zero-order valence-corrected chi connectivity index (χ0v) is 17.4. The van der Waals surface area contributed by atoms with Crippen molar-refractivity contribution in [1.29, 1.82) is 0 Å². The Bertz CT molecular complexity index is 730. The number of rotatable bonds is 6. The number of carboxylic acid groups (broad SMARTS) is 1. The van der Waals surface area contributed by atoms with Crippen LogP contribution >= 0.6 is 34.5 Å². The molecule has 148 valence electrons. The third-order valence-electron chi connectivity index (χ3n) is 4.17. The molecule has 3 rings (SSSR count). The van der Waals surface area contributed by atoms with Crippen molar-refractivity contribution in [2.45, 2.75) is 45.2 Å². The molecule has 0 bridgehead atoms. The number of carbonyl (C=O) groups is 1. The second-order valence-electron chi connectivity index (χ2n) is 6.51. The summed E-state index contributed by atoms with van der Waals surface area (Å²) in [5, 5.41) is 9.68. The number of ether oxygens (including phenoxy) is 1. The van der Waals surface area contributed by atoms with Crippen LogP contribution in [-0.4, -0.2) is 23.9 Å². The minimum absolute atomic E-state index is 0.313. The van der Waals surface area contributed by atoms with Crippen molar-refractivity contribution in [1.82, 2.24) is 0 Å². The van der Waals surface area contributed by atoms with Crippen LogP contribution in [0.3, 0.4) is 0 Å². The van der Waals surface area contributed by atoms with E-state index < -0.39 is 12.1 Å². The Kier molecular flexibility index (Phi) is 8.87. The fraction of sp³-hybridized carbons (Fsp3) is 0.450. The van der Waals surface area contributed by atoms with Gasteiger partial charge in [0.05, 0.1) is 6.61 Å². The summed E-state index contributed by atoms with van der Waals surface area (Å²) in [6.45, 7) is 2.62. The fourth-order valence-corrected chi connectivity index (χ4v) is 4.32. The van der Waals surface area contributed by atoms with Crippen molar-refractivity contribution in [3.8, 4) is 5.75 Å². The number of hydrogen-bond acceptors (Lipinski definition) is 3. The van der Waals surface area contributed by atoms with Crippen LogP contribution in [0.2, 0.25) is 10.0 Å². The highest BCUT2D eigenvalue weighted by Crippen LogP contribution is 2.30. The predicted octanol–water partition coefficient (Wildman–Crippen LogP) is 6.91. The van der Waals surface area contributed by atoms with Gasteiger partial charge in [-0.25, -0.2) is 9.18 Å². The molecule has 3 nitrogen and oxygen atoms in total. The van der Waals surface area contributed by atoms with Gasteiger partial charge in [0.1, 0.15) is 16.8 Å². The average molecular weight is 433 g/mol. The zero-order chi connectivity index (χ0) is 19.8. The molecule has 0 radical (unpaired) electrons. The zero-order valence-electron chi connectivity index (χ0n) is 15.1. The van der Waals surface area contributed by atoms with Crippen molar-refractivity contribution >= 4 is 40.5 Å². The van der Waals surface area contributed by atoms with E-state index in [9.17, 15) is 9.18 Å². The summed E-state index contributed by atoms with van der Waals surface area (Å²) in [4.78, 5) is 12.0. The molecule has 1 heterocycles. The smallest absolute Gasteiger partial charge is 0.345 e. The van der Waals surface area contributed by atoms with Crippen LogP contribution in [0.25, 0.3) is 0 Å². The summed E-state index contributed by atoms with van der Waals surface area (Å²) in [6.07, 6.45) is 3.56. The monoisotopic (exact) mass is 432 g/mol. The Balaban J connectivity index is 0.000000208. The van der Waals surface area contributed by atoms with Gasteiger partial charge in [-0.3, -0.25) is 0 Å². The molecular formula is C20H23Cl2FO3S. The highest BCUT2D eigenvalue weighted by Gasteiger charge is 2.24. The van der Waals surface area contributed by atoms with E-state index in [1.165, 1.54) is 11.3 Å². The average Bonchev–Trinajstić information content (AvgIpc) is 3.22. The number of aromatic carboxylic acids is 1. The van der Waals surface area contributed by atoms with Crippen LogP contribution < -0.4 is 4.74 Å². The quantitative estimate of drug-likeness (QED) is 0.539. The number of thiophene rings is 1. The minimum atomic E-state index is -0.822. The Labute approximate surface area is 173 Å². The largest absolute Gasteiger partial charge is 0.493 e. The van der Waals surface area contributed by atoms with Crippen LogP contribution in [0.15, 0.2) is 30.3 Å². The lowest BCUT2D eigenvalue weighted by atomic mass is 10.1. The predicted molar refractivity (Wildman–Crippen MR) is 109 cm³/mol. The standard InChI is InChI=1S/C12H13Cl2FO.C8H10O2S/c13-9-4-10(14)6-12(5-9)16-7-8-1-2-11(15)3-8;1-2-3-6-4-5-7(11-6)8(9)10/h4-6,8,11H,1-3,7H2;4-5H,2-3H2,1H3,(H,9,10). The number of alkyl halides is 1. The Morgan fingerprint density at radius 3 is 2.48 bits per heavy atom. The first-order valence-electron chi connectivity index (χ1n) is 8.92. The van der Waals surface area contributed by atoms with Crippen LogP contribution in [0.5, 0.6) is 5.75 Å². The van der Waals surface area contributed by atoms with E-state index >= 15 is 0 Å². The molecule has 27 heavy (non-hydrogen) atoms. The van der Waals surface area contributed by atoms with Gasteiger partial charge in [0.25, 0.3) is 0 Å². The lowest BCUT2D eigenvalue weighted by molar-refractivity contribution is 0.0702. The molecule has 0 aliphatic heterocycles. The molecule has 2 aromatic rings. The molecular weight excluding hydrogens is 410 g/mol. The third-order valence-corrected chi connectivity index (χ3v) is 5.74. The van der Waals surface area contributed by atoms with Crippen LogP contribution in [0.1, 0.15) is 47.2 Å². The summed E-state index contributed by atoms with van der Waals surface area (Å²) in [5.41, 5.74) is 0. The summed E-state index contributed by atoms with van der Waals surface area (Å²) < 4.78 is 18.5. The lowest BCUT2D eigenvalue weighted by Gasteiger charge is -2.11. The molecule has 2 unspecified atom stereocenters. The highest BCUT2D eigenvalue weighted by molar-refractivity contribution is 7.13. The maximum Gasteiger partial charge on any atom is 0.345 e. The van der Waals surface area contributed by atoms with Crippen LogP contribution in [0, 0.1) is 5.92 Å². The molecule has 0 saturated heterocycles. The lowest BCUT2D eigenvalue weighted by Crippen LogP contribution is -2.09. The molecule has 0 amide bonds. The Hall–Kier alpha value is -1.30.